The lowest BCUT2D eigenvalue weighted by Crippen LogP contribution is -2.09. The zero-order chi connectivity index (χ0) is 11.6. The van der Waals surface area contributed by atoms with Gasteiger partial charge >= 0.3 is 0 Å². The van der Waals surface area contributed by atoms with E-state index < -0.39 is 5.54 Å². The molecule has 2 aliphatic rings. The molecular weight excluding hydrogens is 206 g/mol. The van der Waals surface area contributed by atoms with Crippen LogP contribution in [0.25, 0.3) is 10.4 Å². The Labute approximate surface area is 92.8 Å². The van der Waals surface area contributed by atoms with Gasteiger partial charge in [0.05, 0.1) is 0 Å². The van der Waals surface area contributed by atoms with Crippen molar-refractivity contribution in [2.75, 3.05) is 6.54 Å². The lowest BCUT2D eigenvalue weighted by Gasteiger charge is -2.02. The molecule has 16 heavy (non-hydrogen) atoms. The van der Waals surface area contributed by atoms with Crippen LogP contribution in [0.1, 0.15) is 12.8 Å². The average molecular weight is 219 g/mol. The van der Waals surface area contributed by atoms with Crippen LogP contribution >= 0.6 is 0 Å². The van der Waals surface area contributed by atoms with Gasteiger partial charge in [-0.2, -0.15) is 4.91 Å². The lowest BCUT2D eigenvalue weighted by molar-refractivity contribution is 0.533. The Balaban J connectivity index is 2.05. The second-order valence-corrected chi connectivity index (χ2v) is 4.43. The Bertz CT molecular complexity index is 381. The van der Waals surface area contributed by atoms with Gasteiger partial charge in [0.2, 0.25) is 0 Å². The Morgan fingerprint density at radius 3 is 2.81 bits per heavy atom. The fourth-order valence-corrected chi connectivity index (χ4v) is 2.58. The molecule has 0 spiro atoms. The maximum Gasteiger partial charge on any atom is 0.106 e. The van der Waals surface area contributed by atoms with Crippen molar-refractivity contribution in [3.05, 3.63) is 27.5 Å². The van der Waals surface area contributed by atoms with Crippen LogP contribution in [0.2, 0.25) is 0 Å². The zero-order valence-corrected chi connectivity index (χ0v) is 8.78. The molecule has 2 aliphatic carbocycles. The van der Waals surface area contributed by atoms with Gasteiger partial charge in [0.15, 0.2) is 0 Å². The summed E-state index contributed by atoms with van der Waals surface area (Å²) >= 11 is 0. The number of hydrogen-bond donors (Lipinski definition) is 1. The van der Waals surface area contributed by atoms with Crippen molar-refractivity contribution in [2.24, 2.45) is 28.0 Å². The summed E-state index contributed by atoms with van der Waals surface area (Å²) in [6.07, 6.45) is 6.49. The molecule has 3 unspecified atom stereocenters. The molecule has 3 atom stereocenters. The number of hydrogen-bond acceptors (Lipinski definition) is 4. The molecule has 0 aliphatic heterocycles. The molecule has 2 saturated carbocycles. The van der Waals surface area contributed by atoms with Crippen LogP contribution in [-0.4, -0.2) is 18.3 Å². The minimum Gasteiger partial charge on any atom is -0.309 e. The predicted octanol–water partition coefficient (Wildman–Crippen LogP) is 2.66. The number of allylic oxidation sites excluding steroid dienone is 2. The number of nitroso groups, excluding NO2 is 1. The van der Waals surface area contributed by atoms with Gasteiger partial charge in [-0.15, -0.1) is 0 Å². The Morgan fingerprint density at radius 2 is 2.31 bits per heavy atom. The van der Waals surface area contributed by atoms with Gasteiger partial charge in [-0.25, -0.2) is 0 Å². The van der Waals surface area contributed by atoms with E-state index in [0.717, 1.165) is 12.8 Å². The molecule has 6 nitrogen and oxygen atoms in total. The largest absolute Gasteiger partial charge is 0.309 e. The van der Waals surface area contributed by atoms with Gasteiger partial charge in [-0.05, 0) is 42.2 Å². The third kappa shape index (κ3) is 1.72. The zero-order valence-electron chi connectivity index (χ0n) is 8.78. The van der Waals surface area contributed by atoms with Crippen molar-refractivity contribution in [2.45, 2.75) is 18.4 Å². The highest BCUT2D eigenvalue weighted by Crippen LogP contribution is 2.64. The van der Waals surface area contributed by atoms with E-state index in [1.54, 1.807) is 6.08 Å². The van der Waals surface area contributed by atoms with Gasteiger partial charge in [0.1, 0.15) is 5.54 Å². The number of azide groups is 1. The maximum atomic E-state index is 10.8. The van der Waals surface area contributed by atoms with Gasteiger partial charge in [-0.3, -0.25) is 0 Å². The molecule has 0 aromatic carbocycles. The topological polar surface area (TPSA) is 102 Å². The van der Waals surface area contributed by atoms with Crippen LogP contribution in [0, 0.1) is 28.1 Å². The summed E-state index contributed by atoms with van der Waals surface area (Å²) in [7, 11) is 0. The van der Waals surface area contributed by atoms with E-state index in [2.05, 4.69) is 15.2 Å². The van der Waals surface area contributed by atoms with Gasteiger partial charge < -0.3 is 5.41 Å². The molecule has 0 aromatic rings. The number of nitrogens with one attached hydrogen (secondary N) is 1. The monoisotopic (exact) mass is 219 g/mol. The molecule has 2 fully saturated rings. The summed E-state index contributed by atoms with van der Waals surface area (Å²) in [6.45, 7) is 0.422. The highest BCUT2D eigenvalue weighted by molar-refractivity contribution is 5.67. The van der Waals surface area contributed by atoms with Crippen LogP contribution < -0.4 is 0 Å². The van der Waals surface area contributed by atoms with Crippen LogP contribution in [0.3, 0.4) is 0 Å². The van der Waals surface area contributed by atoms with E-state index in [9.17, 15) is 4.91 Å². The minimum absolute atomic E-state index is 0.215. The highest BCUT2D eigenvalue weighted by Gasteiger charge is 2.66. The van der Waals surface area contributed by atoms with E-state index in [0.29, 0.717) is 6.54 Å². The third-order valence-corrected chi connectivity index (χ3v) is 3.58. The smallest absolute Gasteiger partial charge is 0.106 e. The van der Waals surface area contributed by atoms with Gasteiger partial charge in [0, 0.05) is 17.7 Å². The Hall–Kier alpha value is -1.68. The summed E-state index contributed by atoms with van der Waals surface area (Å²) in [6, 6.07) is 0. The third-order valence-electron chi connectivity index (χ3n) is 3.58. The van der Waals surface area contributed by atoms with E-state index in [-0.39, 0.29) is 17.8 Å². The lowest BCUT2D eigenvalue weighted by atomic mass is 10.1. The predicted molar refractivity (Wildman–Crippen MR) is 60.2 cm³/mol. The quantitative estimate of drug-likeness (QED) is 0.240. The van der Waals surface area contributed by atoms with Crippen molar-refractivity contribution in [1.82, 2.24) is 0 Å². The van der Waals surface area contributed by atoms with Gasteiger partial charge in [-0.1, -0.05) is 16.4 Å². The van der Waals surface area contributed by atoms with E-state index >= 15 is 0 Å². The minimum atomic E-state index is -0.396. The van der Waals surface area contributed by atoms with Crippen molar-refractivity contribution in [3.8, 4) is 0 Å². The summed E-state index contributed by atoms with van der Waals surface area (Å²) in [5.41, 5.74) is 7.89. The molecule has 2 rings (SSSR count). The summed E-state index contributed by atoms with van der Waals surface area (Å²) in [5, 5.41) is 13.7. The Kier molecular flexibility index (Phi) is 2.75. The second kappa shape index (κ2) is 4.06. The fourth-order valence-electron chi connectivity index (χ4n) is 2.58. The van der Waals surface area contributed by atoms with Crippen LogP contribution in [0.4, 0.5) is 0 Å². The first-order valence-corrected chi connectivity index (χ1v) is 5.32. The van der Waals surface area contributed by atoms with Crippen molar-refractivity contribution >= 4 is 6.21 Å². The standard InChI is InChI=1S/C10H13N5O/c11-5-1-2-7-8(6-13-15-12)9(7)10(14-16)3-4-10/h1-2,5,7-9,11H,3-4,6H2/b2-1+,11-5?. The molecule has 1 N–H and O–H groups in total. The number of nitrogens with zero attached hydrogens (tertiary/aromatic N) is 4. The first-order chi connectivity index (χ1) is 7.79. The normalized spacial score (nSPS) is 34.1. The molecule has 0 bridgehead atoms. The SMILES string of the molecule is [N-]=[N+]=NCC1C(/C=C/C=N)C1C1(N=O)CC1. The molecule has 0 heterocycles. The Morgan fingerprint density at radius 1 is 1.56 bits per heavy atom. The maximum absolute atomic E-state index is 10.8. The molecule has 84 valence electrons. The van der Waals surface area contributed by atoms with Crippen LogP contribution in [0.15, 0.2) is 22.4 Å². The number of rotatable bonds is 6. The summed E-state index contributed by atoms with van der Waals surface area (Å²) in [4.78, 5) is 13.5. The van der Waals surface area contributed by atoms with Crippen LogP contribution in [0.5, 0.6) is 0 Å². The molecule has 0 saturated heterocycles. The molecule has 6 heteroatoms. The molecular formula is C10H13N5O. The van der Waals surface area contributed by atoms with E-state index in [1.807, 2.05) is 6.08 Å². The van der Waals surface area contributed by atoms with Crippen molar-refractivity contribution in [1.29, 1.82) is 5.41 Å². The molecule has 0 aromatic heterocycles. The first-order valence-electron chi connectivity index (χ1n) is 5.32. The first kappa shape index (κ1) is 10.8. The summed E-state index contributed by atoms with van der Waals surface area (Å²) < 4.78 is 0. The van der Waals surface area contributed by atoms with Crippen molar-refractivity contribution in [3.63, 3.8) is 0 Å². The molecule has 0 radical (unpaired) electrons. The molecule has 0 amide bonds. The fraction of sp³-hybridized carbons (Fsp3) is 0.700. The second-order valence-electron chi connectivity index (χ2n) is 4.43. The van der Waals surface area contributed by atoms with E-state index in [1.165, 1.54) is 6.21 Å². The van der Waals surface area contributed by atoms with E-state index in [4.69, 9.17) is 10.9 Å². The average Bonchev–Trinajstić information content (AvgIpc) is 3.18. The van der Waals surface area contributed by atoms with Crippen molar-refractivity contribution < 1.29 is 0 Å². The highest BCUT2D eigenvalue weighted by atomic mass is 16.3. The van der Waals surface area contributed by atoms with Gasteiger partial charge in [0.25, 0.3) is 0 Å². The van der Waals surface area contributed by atoms with Crippen LogP contribution in [-0.2, 0) is 0 Å². The summed E-state index contributed by atoms with van der Waals surface area (Å²) in [5.74, 6) is 0.686.